The summed E-state index contributed by atoms with van der Waals surface area (Å²) in [6.45, 7) is 2.85. The highest BCUT2D eigenvalue weighted by Gasteiger charge is 2.12. The highest BCUT2D eigenvalue weighted by Crippen LogP contribution is 2.16. The van der Waals surface area contributed by atoms with E-state index >= 15 is 0 Å². The number of nitrogens with two attached hydrogens (primary N) is 1. The SMILES string of the molecule is CCN(CCC#N)c1nc(N)ncc1F. The summed E-state index contributed by atoms with van der Waals surface area (Å²) in [5, 5.41) is 8.45. The highest BCUT2D eigenvalue weighted by atomic mass is 19.1. The predicted octanol–water partition coefficient (Wildman–Crippen LogP) is 0.938. The molecular weight excluding hydrogens is 197 g/mol. The van der Waals surface area contributed by atoms with Crippen LogP contribution in [0.2, 0.25) is 0 Å². The van der Waals surface area contributed by atoms with E-state index in [0.717, 1.165) is 6.20 Å². The molecule has 0 spiro atoms. The minimum atomic E-state index is -0.524. The van der Waals surface area contributed by atoms with Gasteiger partial charge in [0.15, 0.2) is 11.6 Å². The largest absolute Gasteiger partial charge is 0.368 e. The van der Waals surface area contributed by atoms with Crippen molar-refractivity contribution in [2.24, 2.45) is 0 Å². The van der Waals surface area contributed by atoms with Crippen LogP contribution in [0.15, 0.2) is 6.20 Å². The third-order valence-electron chi connectivity index (χ3n) is 1.92. The van der Waals surface area contributed by atoms with Gasteiger partial charge in [0.1, 0.15) is 0 Å². The van der Waals surface area contributed by atoms with E-state index in [1.165, 1.54) is 0 Å². The fraction of sp³-hybridized carbons (Fsp3) is 0.444. The maximum Gasteiger partial charge on any atom is 0.222 e. The predicted molar refractivity (Wildman–Crippen MR) is 54.5 cm³/mol. The summed E-state index contributed by atoms with van der Waals surface area (Å²) >= 11 is 0. The standard InChI is InChI=1S/C9H12FN5/c1-2-15(5-3-4-11)8-7(10)6-13-9(12)14-8/h6H,2-3,5H2,1H3,(H2,12,13,14). The summed E-state index contributed by atoms with van der Waals surface area (Å²) < 4.78 is 13.3. The molecule has 0 amide bonds. The molecule has 0 unspecified atom stereocenters. The Balaban J connectivity index is 2.91. The van der Waals surface area contributed by atoms with Gasteiger partial charge in [-0.3, -0.25) is 0 Å². The van der Waals surface area contributed by atoms with Gasteiger partial charge in [0.05, 0.1) is 18.7 Å². The number of hydrogen-bond donors (Lipinski definition) is 1. The quantitative estimate of drug-likeness (QED) is 0.798. The zero-order valence-corrected chi connectivity index (χ0v) is 8.44. The maximum absolute atomic E-state index is 13.3. The Hall–Kier alpha value is -1.90. The van der Waals surface area contributed by atoms with Gasteiger partial charge in [0.25, 0.3) is 0 Å². The molecule has 0 aliphatic carbocycles. The van der Waals surface area contributed by atoms with Gasteiger partial charge in [-0.2, -0.15) is 10.2 Å². The van der Waals surface area contributed by atoms with Gasteiger partial charge in [0.2, 0.25) is 5.95 Å². The van der Waals surface area contributed by atoms with Crippen LogP contribution in [0.1, 0.15) is 13.3 Å². The van der Waals surface area contributed by atoms with Gasteiger partial charge < -0.3 is 10.6 Å². The van der Waals surface area contributed by atoms with E-state index in [-0.39, 0.29) is 11.8 Å². The zero-order chi connectivity index (χ0) is 11.3. The summed E-state index contributed by atoms with van der Waals surface area (Å²) in [4.78, 5) is 8.99. The molecule has 80 valence electrons. The van der Waals surface area contributed by atoms with Gasteiger partial charge >= 0.3 is 0 Å². The molecule has 0 aliphatic rings. The van der Waals surface area contributed by atoms with E-state index < -0.39 is 5.82 Å². The minimum absolute atomic E-state index is 0.0295. The summed E-state index contributed by atoms with van der Waals surface area (Å²) in [6, 6.07) is 2.00. The average Bonchev–Trinajstić information content (AvgIpc) is 2.24. The number of rotatable bonds is 4. The molecular formula is C9H12FN5. The smallest absolute Gasteiger partial charge is 0.222 e. The molecule has 1 heterocycles. The van der Waals surface area contributed by atoms with Crippen LogP contribution in [0.25, 0.3) is 0 Å². The Labute approximate surface area is 87.4 Å². The molecule has 15 heavy (non-hydrogen) atoms. The molecule has 1 aromatic heterocycles. The van der Waals surface area contributed by atoms with E-state index in [2.05, 4.69) is 9.97 Å². The van der Waals surface area contributed by atoms with Crippen molar-refractivity contribution in [3.05, 3.63) is 12.0 Å². The molecule has 2 N–H and O–H groups in total. The Kier molecular flexibility index (Phi) is 3.80. The lowest BCUT2D eigenvalue weighted by atomic mass is 10.4. The van der Waals surface area contributed by atoms with Crippen molar-refractivity contribution in [3.8, 4) is 6.07 Å². The molecule has 0 atom stereocenters. The van der Waals surface area contributed by atoms with E-state index in [9.17, 15) is 4.39 Å². The molecule has 0 bridgehead atoms. The number of nitrogens with zero attached hydrogens (tertiary/aromatic N) is 4. The van der Waals surface area contributed by atoms with Gasteiger partial charge in [-0.15, -0.1) is 0 Å². The number of nitriles is 1. The number of aromatic nitrogens is 2. The van der Waals surface area contributed by atoms with Crippen LogP contribution in [0.3, 0.4) is 0 Å². The Morgan fingerprint density at radius 2 is 2.40 bits per heavy atom. The van der Waals surface area contributed by atoms with Gasteiger partial charge in [0, 0.05) is 13.1 Å². The van der Waals surface area contributed by atoms with Crippen molar-refractivity contribution in [3.63, 3.8) is 0 Å². The van der Waals surface area contributed by atoms with Crippen molar-refractivity contribution in [1.82, 2.24) is 9.97 Å². The van der Waals surface area contributed by atoms with Crippen molar-refractivity contribution < 1.29 is 4.39 Å². The van der Waals surface area contributed by atoms with Crippen molar-refractivity contribution >= 4 is 11.8 Å². The average molecular weight is 209 g/mol. The van der Waals surface area contributed by atoms with Crippen LogP contribution >= 0.6 is 0 Å². The first-order valence-electron chi connectivity index (χ1n) is 4.59. The molecule has 5 nitrogen and oxygen atoms in total. The summed E-state index contributed by atoms with van der Waals surface area (Å²) in [6.07, 6.45) is 1.35. The molecule has 6 heteroatoms. The normalized spacial score (nSPS) is 9.67. The van der Waals surface area contributed by atoms with Crippen LogP contribution in [0.4, 0.5) is 16.2 Å². The van der Waals surface area contributed by atoms with Crippen molar-refractivity contribution in [2.45, 2.75) is 13.3 Å². The lowest BCUT2D eigenvalue weighted by Crippen LogP contribution is -2.26. The molecule has 0 fully saturated rings. The van der Waals surface area contributed by atoms with Crippen molar-refractivity contribution in [2.75, 3.05) is 23.7 Å². The maximum atomic E-state index is 13.3. The van der Waals surface area contributed by atoms with Crippen LogP contribution in [-0.4, -0.2) is 23.1 Å². The van der Waals surface area contributed by atoms with E-state index in [4.69, 9.17) is 11.0 Å². The van der Waals surface area contributed by atoms with E-state index in [1.807, 2.05) is 13.0 Å². The summed E-state index contributed by atoms with van der Waals surface area (Å²) in [5.74, 6) is -0.342. The number of nitrogen functional groups attached to an aromatic ring is 1. The number of hydrogen-bond acceptors (Lipinski definition) is 5. The second kappa shape index (κ2) is 5.10. The molecule has 0 aromatic carbocycles. The van der Waals surface area contributed by atoms with Gasteiger partial charge in [-0.1, -0.05) is 0 Å². The first-order chi connectivity index (χ1) is 7.19. The molecule has 1 aromatic rings. The number of anilines is 2. The van der Waals surface area contributed by atoms with Crippen molar-refractivity contribution in [1.29, 1.82) is 5.26 Å². The topological polar surface area (TPSA) is 78.8 Å². The van der Waals surface area contributed by atoms with Gasteiger partial charge in [-0.25, -0.2) is 9.37 Å². The summed E-state index contributed by atoms with van der Waals surface area (Å²) in [7, 11) is 0. The van der Waals surface area contributed by atoms with Gasteiger partial charge in [-0.05, 0) is 6.92 Å². The third kappa shape index (κ3) is 2.77. The summed E-state index contributed by atoms with van der Waals surface area (Å²) in [5.41, 5.74) is 5.37. The second-order valence-electron chi connectivity index (χ2n) is 2.89. The van der Waals surface area contributed by atoms with Crippen LogP contribution in [-0.2, 0) is 0 Å². The third-order valence-corrected chi connectivity index (χ3v) is 1.92. The second-order valence-corrected chi connectivity index (χ2v) is 2.89. The number of halogens is 1. The fourth-order valence-electron chi connectivity index (χ4n) is 1.19. The van der Waals surface area contributed by atoms with Crippen LogP contribution in [0, 0.1) is 17.1 Å². The first kappa shape index (κ1) is 11.2. The molecule has 0 saturated heterocycles. The monoisotopic (exact) mass is 209 g/mol. The highest BCUT2D eigenvalue weighted by molar-refractivity contribution is 5.42. The molecule has 0 radical (unpaired) electrons. The van der Waals surface area contributed by atoms with Crippen LogP contribution in [0.5, 0.6) is 0 Å². The van der Waals surface area contributed by atoms with Crippen LogP contribution < -0.4 is 10.6 Å². The van der Waals surface area contributed by atoms with E-state index in [0.29, 0.717) is 19.5 Å². The molecule has 0 saturated carbocycles. The lowest BCUT2D eigenvalue weighted by Gasteiger charge is -2.20. The fourth-order valence-corrected chi connectivity index (χ4v) is 1.19. The Morgan fingerprint density at radius 3 is 3.00 bits per heavy atom. The van der Waals surface area contributed by atoms with E-state index in [1.54, 1.807) is 4.90 Å². The first-order valence-corrected chi connectivity index (χ1v) is 4.59. The minimum Gasteiger partial charge on any atom is -0.368 e. The Bertz CT molecular complexity index is 373. The molecule has 0 aliphatic heterocycles. The molecule has 1 rings (SSSR count). The lowest BCUT2D eigenvalue weighted by molar-refractivity contribution is 0.604. The zero-order valence-electron chi connectivity index (χ0n) is 8.44. The Morgan fingerprint density at radius 1 is 1.67 bits per heavy atom.